The summed E-state index contributed by atoms with van der Waals surface area (Å²) in [5.74, 6) is 0.562. The van der Waals surface area contributed by atoms with Crippen LogP contribution in [0.1, 0.15) is 43.5 Å². The zero-order chi connectivity index (χ0) is 18.7. The number of hydrogen-bond donors (Lipinski definition) is 1. The van der Waals surface area contributed by atoms with Crippen LogP contribution in [0.15, 0.2) is 30.3 Å². The summed E-state index contributed by atoms with van der Waals surface area (Å²) in [5.41, 5.74) is 3.18. The molecule has 0 aliphatic carbocycles. The standard InChI is InChI=1S/C20H26N4O2/c1-4-15-6-8-16(9-7-15)13-21-20(26)17(5-2)24-18-12-14(3)22-23(18)11-10-19(24)25/h6-9,12,17H,4-5,10-11,13H2,1-3H3,(H,21,26). The number of nitrogens with zero attached hydrogens (tertiary/aromatic N) is 3. The first-order chi connectivity index (χ1) is 12.5. The predicted molar refractivity (Wildman–Crippen MR) is 101 cm³/mol. The molecular weight excluding hydrogens is 328 g/mol. The van der Waals surface area contributed by atoms with E-state index in [-0.39, 0.29) is 11.8 Å². The van der Waals surface area contributed by atoms with E-state index in [1.54, 1.807) is 4.90 Å². The molecule has 0 saturated heterocycles. The van der Waals surface area contributed by atoms with Gasteiger partial charge >= 0.3 is 0 Å². The lowest BCUT2D eigenvalue weighted by molar-refractivity contribution is -0.127. The van der Waals surface area contributed by atoms with Crippen molar-refractivity contribution in [2.24, 2.45) is 0 Å². The molecule has 3 rings (SSSR count). The van der Waals surface area contributed by atoms with Gasteiger partial charge in [0.15, 0.2) is 0 Å². The van der Waals surface area contributed by atoms with E-state index >= 15 is 0 Å². The van der Waals surface area contributed by atoms with E-state index in [4.69, 9.17) is 0 Å². The Morgan fingerprint density at radius 3 is 2.58 bits per heavy atom. The average molecular weight is 354 g/mol. The molecule has 0 radical (unpaired) electrons. The summed E-state index contributed by atoms with van der Waals surface area (Å²) in [6.07, 6.45) is 1.92. The number of nitrogens with one attached hydrogen (secondary N) is 1. The monoisotopic (exact) mass is 354 g/mol. The van der Waals surface area contributed by atoms with Crippen molar-refractivity contribution in [3.63, 3.8) is 0 Å². The van der Waals surface area contributed by atoms with Crippen molar-refractivity contribution in [2.75, 3.05) is 4.90 Å². The summed E-state index contributed by atoms with van der Waals surface area (Å²) in [6, 6.07) is 9.57. The maximum Gasteiger partial charge on any atom is 0.243 e. The highest BCUT2D eigenvalue weighted by atomic mass is 16.2. The molecule has 6 heteroatoms. The lowest BCUT2D eigenvalue weighted by atomic mass is 10.1. The van der Waals surface area contributed by atoms with Crippen LogP contribution in [0.2, 0.25) is 0 Å². The van der Waals surface area contributed by atoms with Gasteiger partial charge in [0.2, 0.25) is 11.8 Å². The molecule has 0 bridgehead atoms. The van der Waals surface area contributed by atoms with Gasteiger partial charge in [0, 0.05) is 19.0 Å². The Kier molecular flexibility index (Phi) is 5.40. The van der Waals surface area contributed by atoms with Gasteiger partial charge in [-0.3, -0.25) is 14.5 Å². The first kappa shape index (κ1) is 18.2. The Morgan fingerprint density at radius 2 is 1.92 bits per heavy atom. The van der Waals surface area contributed by atoms with Crippen LogP contribution >= 0.6 is 0 Å². The van der Waals surface area contributed by atoms with Crippen molar-refractivity contribution in [1.82, 2.24) is 15.1 Å². The molecule has 2 amide bonds. The average Bonchev–Trinajstić information content (AvgIpc) is 3.03. The fraction of sp³-hybridized carbons (Fsp3) is 0.450. The molecule has 1 aliphatic rings. The summed E-state index contributed by atoms with van der Waals surface area (Å²) >= 11 is 0. The molecule has 2 heterocycles. The second-order valence-corrected chi connectivity index (χ2v) is 6.69. The molecule has 1 N–H and O–H groups in total. The highest BCUT2D eigenvalue weighted by Crippen LogP contribution is 2.26. The van der Waals surface area contributed by atoms with Gasteiger partial charge < -0.3 is 5.32 Å². The van der Waals surface area contributed by atoms with E-state index in [2.05, 4.69) is 29.5 Å². The zero-order valence-electron chi connectivity index (χ0n) is 15.7. The lowest BCUT2D eigenvalue weighted by Gasteiger charge is -2.33. The zero-order valence-corrected chi connectivity index (χ0v) is 15.7. The number of benzene rings is 1. The smallest absolute Gasteiger partial charge is 0.243 e. The van der Waals surface area contributed by atoms with Crippen molar-refractivity contribution in [1.29, 1.82) is 0 Å². The number of anilines is 1. The van der Waals surface area contributed by atoms with Gasteiger partial charge in [0.25, 0.3) is 0 Å². The van der Waals surface area contributed by atoms with E-state index < -0.39 is 6.04 Å². The molecule has 1 aliphatic heterocycles. The molecule has 2 aromatic rings. The summed E-state index contributed by atoms with van der Waals surface area (Å²) in [4.78, 5) is 26.9. The Morgan fingerprint density at radius 1 is 1.23 bits per heavy atom. The molecule has 6 nitrogen and oxygen atoms in total. The number of hydrogen-bond acceptors (Lipinski definition) is 3. The third-order valence-electron chi connectivity index (χ3n) is 4.83. The third kappa shape index (κ3) is 3.64. The Hall–Kier alpha value is -2.63. The minimum atomic E-state index is -0.521. The van der Waals surface area contributed by atoms with Gasteiger partial charge in [-0.05, 0) is 30.9 Å². The second kappa shape index (κ2) is 7.72. The Labute approximate surface area is 154 Å². The quantitative estimate of drug-likeness (QED) is 0.867. The molecule has 1 atom stereocenters. The largest absolute Gasteiger partial charge is 0.350 e. The van der Waals surface area contributed by atoms with Crippen LogP contribution < -0.4 is 10.2 Å². The number of rotatable bonds is 6. The fourth-order valence-corrected chi connectivity index (χ4v) is 3.36. The van der Waals surface area contributed by atoms with Crippen molar-refractivity contribution in [3.8, 4) is 0 Å². The van der Waals surface area contributed by atoms with Crippen molar-refractivity contribution < 1.29 is 9.59 Å². The first-order valence-corrected chi connectivity index (χ1v) is 9.25. The van der Waals surface area contributed by atoms with E-state index in [1.807, 2.05) is 36.7 Å². The van der Waals surface area contributed by atoms with E-state index in [0.29, 0.717) is 31.7 Å². The normalized spacial score (nSPS) is 14.9. The summed E-state index contributed by atoms with van der Waals surface area (Å²) < 4.78 is 1.82. The Bertz CT molecular complexity index is 795. The van der Waals surface area contributed by atoms with Crippen LogP contribution in [0.3, 0.4) is 0 Å². The minimum Gasteiger partial charge on any atom is -0.350 e. The van der Waals surface area contributed by atoms with Gasteiger partial charge in [-0.2, -0.15) is 5.10 Å². The van der Waals surface area contributed by atoms with Crippen molar-refractivity contribution in [3.05, 3.63) is 47.2 Å². The molecule has 1 unspecified atom stereocenters. The highest BCUT2D eigenvalue weighted by Gasteiger charge is 2.34. The molecule has 0 spiro atoms. The number of amides is 2. The van der Waals surface area contributed by atoms with Crippen LogP contribution in [0.25, 0.3) is 0 Å². The molecule has 0 saturated carbocycles. The SMILES string of the molecule is CCc1ccc(CNC(=O)C(CC)N2C(=O)CCn3nc(C)cc32)cc1. The van der Waals surface area contributed by atoms with E-state index in [9.17, 15) is 9.59 Å². The molecule has 138 valence electrons. The third-order valence-corrected chi connectivity index (χ3v) is 4.83. The molecule has 0 fully saturated rings. The number of fused-ring (bicyclic) bond motifs is 1. The summed E-state index contributed by atoms with van der Waals surface area (Å²) in [6.45, 7) is 6.97. The maximum atomic E-state index is 12.8. The van der Waals surface area contributed by atoms with E-state index in [0.717, 1.165) is 17.7 Å². The van der Waals surface area contributed by atoms with Crippen LogP contribution in [0.4, 0.5) is 5.82 Å². The molecule has 1 aromatic heterocycles. The fourth-order valence-electron chi connectivity index (χ4n) is 3.36. The first-order valence-electron chi connectivity index (χ1n) is 9.25. The summed E-state index contributed by atoms with van der Waals surface area (Å²) in [5, 5.41) is 7.39. The van der Waals surface area contributed by atoms with Gasteiger partial charge in [-0.15, -0.1) is 0 Å². The van der Waals surface area contributed by atoms with Gasteiger partial charge in [0.05, 0.1) is 12.2 Å². The van der Waals surface area contributed by atoms with Crippen LogP contribution in [0, 0.1) is 6.92 Å². The highest BCUT2D eigenvalue weighted by molar-refractivity contribution is 6.00. The predicted octanol–water partition coefficient (Wildman–Crippen LogP) is 2.59. The van der Waals surface area contributed by atoms with Crippen LogP contribution in [-0.2, 0) is 29.1 Å². The molecule has 26 heavy (non-hydrogen) atoms. The van der Waals surface area contributed by atoms with Gasteiger partial charge in [0.1, 0.15) is 11.9 Å². The van der Waals surface area contributed by atoms with Gasteiger partial charge in [-0.25, -0.2) is 4.68 Å². The number of aromatic nitrogens is 2. The van der Waals surface area contributed by atoms with Crippen molar-refractivity contribution in [2.45, 2.75) is 59.2 Å². The maximum absolute atomic E-state index is 12.8. The number of carbonyl (C=O) groups is 2. The topological polar surface area (TPSA) is 67.2 Å². The van der Waals surface area contributed by atoms with Crippen LogP contribution in [-0.4, -0.2) is 27.6 Å². The number of aryl methyl sites for hydroxylation is 3. The summed E-state index contributed by atoms with van der Waals surface area (Å²) in [7, 11) is 0. The number of carbonyl (C=O) groups excluding carboxylic acids is 2. The second-order valence-electron chi connectivity index (χ2n) is 6.69. The van der Waals surface area contributed by atoms with Gasteiger partial charge in [-0.1, -0.05) is 38.1 Å². The van der Waals surface area contributed by atoms with Crippen molar-refractivity contribution >= 4 is 17.6 Å². The van der Waals surface area contributed by atoms with Crippen LogP contribution in [0.5, 0.6) is 0 Å². The van der Waals surface area contributed by atoms with E-state index in [1.165, 1.54) is 5.56 Å². The molecular formula is C20H26N4O2. The minimum absolute atomic E-state index is 0.0216. The molecule has 1 aromatic carbocycles. The Balaban J connectivity index is 1.73. The lowest BCUT2D eigenvalue weighted by Crippen LogP contribution is -2.52.